The van der Waals surface area contributed by atoms with Gasteiger partial charge in [0.25, 0.3) is 0 Å². The first-order valence-corrected chi connectivity index (χ1v) is 5.79. The summed E-state index contributed by atoms with van der Waals surface area (Å²) in [6.45, 7) is 6.86. The number of phenolic OH excluding ortho intramolecular Hbond substituents is 1. The van der Waals surface area contributed by atoms with Gasteiger partial charge in [-0.1, -0.05) is 0 Å². The zero-order valence-corrected chi connectivity index (χ0v) is 11.1. The first-order valence-electron chi connectivity index (χ1n) is 5.79. The van der Waals surface area contributed by atoms with E-state index in [-0.39, 0.29) is 0 Å². The third-order valence-electron chi connectivity index (χ3n) is 3.67. The van der Waals surface area contributed by atoms with Gasteiger partial charge < -0.3 is 14.4 Å². The van der Waals surface area contributed by atoms with Crippen molar-refractivity contribution in [3.05, 3.63) is 23.5 Å². The Bertz CT molecular complexity index is 515. The van der Waals surface area contributed by atoms with Crippen LogP contribution in [0.25, 0.3) is 0 Å². The Kier molecular flexibility index (Phi) is 3.10. The Balaban J connectivity index is 2.49. The van der Waals surface area contributed by atoms with Gasteiger partial charge in [0.1, 0.15) is 5.82 Å². The fourth-order valence-electron chi connectivity index (χ4n) is 1.77. The predicted octanol–water partition coefficient (Wildman–Crippen LogP) is 2.11. The maximum absolute atomic E-state index is 13.8. The highest BCUT2D eigenvalue weighted by Crippen LogP contribution is 2.37. The topological polar surface area (TPSA) is 38.7 Å². The van der Waals surface area contributed by atoms with Gasteiger partial charge in [0.2, 0.25) is 0 Å². The van der Waals surface area contributed by atoms with Gasteiger partial charge in [-0.2, -0.15) is 0 Å². The van der Waals surface area contributed by atoms with Crippen LogP contribution in [-0.2, 0) is 9.31 Å². The minimum Gasteiger partial charge on any atom is -0.503 e. The summed E-state index contributed by atoms with van der Waals surface area (Å²) in [4.78, 5) is 0. The normalized spacial score (nSPS) is 20.9. The molecule has 0 unspecified atom stereocenters. The molecular formula is C12H14BF3O3. The van der Waals surface area contributed by atoms with E-state index in [9.17, 15) is 18.3 Å². The number of aromatic hydroxyl groups is 1. The summed E-state index contributed by atoms with van der Waals surface area (Å²) < 4.78 is 51.4. The van der Waals surface area contributed by atoms with Crippen molar-refractivity contribution in [2.75, 3.05) is 0 Å². The zero-order valence-electron chi connectivity index (χ0n) is 11.1. The molecule has 19 heavy (non-hydrogen) atoms. The summed E-state index contributed by atoms with van der Waals surface area (Å²) in [6.07, 6.45) is 0. The molecular weight excluding hydrogens is 260 g/mol. The van der Waals surface area contributed by atoms with Crippen molar-refractivity contribution in [3.8, 4) is 5.75 Å². The van der Waals surface area contributed by atoms with E-state index < -0.39 is 47.0 Å². The number of benzene rings is 1. The van der Waals surface area contributed by atoms with Gasteiger partial charge in [0, 0.05) is 6.07 Å². The first kappa shape index (κ1) is 14.2. The molecule has 0 amide bonds. The number of phenols is 1. The lowest BCUT2D eigenvalue weighted by Gasteiger charge is -2.32. The number of rotatable bonds is 1. The minimum atomic E-state index is -1.41. The third kappa shape index (κ3) is 2.10. The average Bonchev–Trinajstić information content (AvgIpc) is 2.44. The molecule has 0 radical (unpaired) electrons. The molecule has 1 N–H and O–H groups in total. The molecule has 0 atom stereocenters. The summed E-state index contributed by atoms with van der Waals surface area (Å²) in [5.41, 5.74) is -2.21. The van der Waals surface area contributed by atoms with Crippen LogP contribution in [0.2, 0.25) is 0 Å². The van der Waals surface area contributed by atoms with E-state index in [1.807, 2.05) is 0 Å². The van der Waals surface area contributed by atoms with Gasteiger partial charge in [-0.15, -0.1) is 0 Å². The van der Waals surface area contributed by atoms with Crippen LogP contribution in [0.1, 0.15) is 27.7 Å². The Morgan fingerprint density at radius 3 is 1.95 bits per heavy atom. The van der Waals surface area contributed by atoms with E-state index in [0.29, 0.717) is 6.07 Å². The van der Waals surface area contributed by atoms with Crippen molar-refractivity contribution < 1.29 is 27.6 Å². The monoisotopic (exact) mass is 274 g/mol. The molecule has 2 rings (SSSR count). The molecule has 104 valence electrons. The lowest BCUT2D eigenvalue weighted by molar-refractivity contribution is 0.00578. The molecule has 1 heterocycles. The van der Waals surface area contributed by atoms with Gasteiger partial charge >= 0.3 is 7.12 Å². The fraction of sp³-hybridized carbons (Fsp3) is 0.500. The summed E-state index contributed by atoms with van der Waals surface area (Å²) in [5.74, 6) is -5.18. The molecule has 0 aromatic heterocycles. The van der Waals surface area contributed by atoms with E-state index in [1.54, 1.807) is 27.7 Å². The van der Waals surface area contributed by atoms with E-state index in [4.69, 9.17) is 9.31 Å². The largest absolute Gasteiger partial charge is 0.503 e. The van der Waals surface area contributed by atoms with Crippen molar-refractivity contribution in [2.45, 2.75) is 38.9 Å². The summed E-state index contributed by atoms with van der Waals surface area (Å²) >= 11 is 0. The van der Waals surface area contributed by atoms with Crippen molar-refractivity contribution in [2.24, 2.45) is 0 Å². The Morgan fingerprint density at radius 2 is 1.47 bits per heavy atom. The summed E-state index contributed by atoms with van der Waals surface area (Å²) in [6, 6.07) is 0.402. The van der Waals surface area contributed by atoms with Gasteiger partial charge in [-0.05, 0) is 27.7 Å². The highest BCUT2D eigenvalue weighted by molar-refractivity contribution is 6.62. The molecule has 0 spiro atoms. The molecule has 1 saturated heterocycles. The third-order valence-corrected chi connectivity index (χ3v) is 3.67. The van der Waals surface area contributed by atoms with Gasteiger partial charge in [0.05, 0.1) is 16.7 Å². The Morgan fingerprint density at radius 1 is 1.00 bits per heavy atom. The van der Waals surface area contributed by atoms with E-state index >= 15 is 0 Å². The molecule has 0 bridgehead atoms. The number of halogens is 3. The average molecular weight is 274 g/mol. The molecule has 1 aromatic carbocycles. The van der Waals surface area contributed by atoms with Crippen molar-refractivity contribution in [3.63, 3.8) is 0 Å². The van der Waals surface area contributed by atoms with Crippen molar-refractivity contribution in [1.82, 2.24) is 0 Å². The molecule has 3 nitrogen and oxygen atoms in total. The van der Waals surface area contributed by atoms with Crippen LogP contribution in [0.15, 0.2) is 6.07 Å². The quantitative estimate of drug-likeness (QED) is 0.797. The maximum Gasteiger partial charge on any atom is 0.501 e. The second-order valence-corrected chi connectivity index (χ2v) is 5.50. The SMILES string of the molecule is CC1(C)OB(c2c(F)cc(F)c(O)c2F)OC1(C)C. The molecule has 0 aliphatic carbocycles. The van der Waals surface area contributed by atoms with Crippen LogP contribution in [0.3, 0.4) is 0 Å². The molecule has 1 aromatic rings. The zero-order chi connectivity index (χ0) is 14.6. The van der Waals surface area contributed by atoms with Gasteiger partial charge in [-0.25, -0.2) is 13.2 Å². The standard InChI is InChI=1S/C12H14BF3O3/c1-11(2)12(3,4)19-13(18-11)8-6(14)5-7(15)10(17)9(8)16/h5,17H,1-4H3. The lowest BCUT2D eigenvalue weighted by atomic mass is 9.78. The second-order valence-electron chi connectivity index (χ2n) is 5.50. The molecule has 1 aliphatic heterocycles. The fourth-order valence-corrected chi connectivity index (χ4v) is 1.77. The van der Waals surface area contributed by atoms with Crippen LogP contribution >= 0.6 is 0 Å². The van der Waals surface area contributed by atoms with Crippen molar-refractivity contribution >= 4 is 12.6 Å². The first-order chi connectivity index (χ1) is 8.57. The van der Waals surface area contributed by atoms with Crippen LogP contribution in [-0.4, -0.2) is 23.4 Å². The maximum atomic E-state index is 13.8. The van der Waals surface area contributed by atoms with Crippen LogP contribution in [0.5, 0.6) is 5.75 Å². The molecule has 1 fully saturated rings. The predicted molar refractivity (Wildman–Crippen MR) is 63.7 cm³/mol. The summed E-state index contributed by atoms with van der Waals surface area (Å²) in [5, 5.41) is 9.20. The highest BCUT2D eigenvalue weighted by Gasteiger charge is 2.53. The molecule has 7 heteroatoms. The second kappa shape index (κ2) is 4.14. The van der Waals surface area contributed by atoms with Gasteiger partial charge in [-0.3, -0.25) is 0 Å². The minimum absolute atomic E-state index is 0.402. The number of hydrogen-bond donors (Lipinski definition) is 1. The van der Waals surface area contributed by atoms with Crippen LogP contribution in [0.4, 0.5) is 13.2 Å². The van der Waals surface area contributed by atoms with Gasteiger partial charge in [0.15, 0.2) is 17.4 Å². The summed E-state index contributed by atoms with van der Waals surface area (Å²) in [7, 11) is -1.34. The smallest absolute Gasteiger partial charge is 0.501 e. The Hall–Kier alpha value is -1.21. The van der Waals surface area contributed by atoms with Crippen molar-refractivity contribution in [1.29, 1.82) is 0 Å². The highest BCUT2D eigenvalue weighted by atomic mass is 19.1. The van der Waals surface area contributed by atoms with Crippen LogP contribution in [0, 0.1) is 17.5 Å². The lowest BCUT2D eigenvalue weighted by Crippen LogP contribution is -2.41. The van der Waals surface area contributed by atoms with Crippen LogP contribution < -0.4 is 5.46 Å². The molecule has 0 saturated carbocycles. The van der Waals surface area contributed by atoms with E-state index in [0.717, 1.165) is 0 Å². The Labute approximate surface area is 109 Å². The van der Waals surface area contributed by atoms with E-state index in [1.165, 1.54) is 0 Å². The number of hydrogen-bond acceptors (Lipinski definition) is 3. The van der Waals surface area contributed by atoms with E-state index in [2.05, 4.69) is 0 Å². The molecule has 1 aliphatic rings.